The van der Waals surface area contributed by atoms with Crippen LogP contribution in [0.2, 0.25) is 5.02 Å². The maximum atomic E-state index is 12.3. The van der Waals surface area contributed by atoms with Crippen molar-refractivity contribution in [2.45, 2.75) is 4.90 Å². The van der Waals surface area contributed by atoms with Crippen molar-refractivity contribution >= 4 is 27.1 Å². The lowest BCUT2D eigenvalue weighted by molar-refractivity contribution is -0.411. The zero-order valence-corrected chi connectivity index (χ0v) is 12.7. The number of nitro groups is 1. The first-order valence-corrected chi connectivity index (χ1v) is 7.95. The van der Waals surface area contributed by atoms with Crippen LogP contribution in [0.25, 0.3) is 0 Å². The minimum atomic E-state index is -4.23. The van der Waals surface area contributed by atoms with Crippen LogP contribution in [0.3, 0.4) is 0 Å². The molecule has 0 saturated heterocycles. The zero-order chi connectivity index (χ0) is 16.2. The molecule has 0 bridgehead atoms. The summed E-state index contributed by atoms with van der Waals surface area (Å²) in [4.78, 5) is 10.0. The molecule has 2 aromatic rings. The number of nitrogens with one attached hydrogen (secondary N) is 1. The van der Waals surface area contributed by atoms with E-state index in [1.807, 2.05) is 0 Å². The molecule has 0 aliphatic heterocycles. The van der Waals surface area contributed by atoms with Crippen molar-refractivity contribution in [2.24, 2.45) is 0 Å². The van der Waals surface area contributed by atoms with Gasteiger partial charge in [0.2, 0.25) is 0 Å². The Morgan fingerprint density at radius 3 is 2.27 bits per heavy atom. The third-order valence-corrected chi connectivity index (χ3v) is 4.77. The van der Waals surface area contributed by atoms with Gasteiger partial charge in [-0.15, -0.1) is 0 Å². The Kier molecular flexibility index (Phi) is 4.79. The third-order valence-electron chi connectivity index (χ3n) is 2.73. The molecule has 6 nitrogen and oxygen atoms in total. The molecule has 114 valence electrons. The number of rotatable bonds is 5. The summed E-state index contributed by atoms with van der Waals surface area (Å²) in [6.07, 6.45) is 0.823. The number of anilines is 1. The fourth-order valence-corrected chi connectivity index (χ4v) is 3.02. The second-order valence-corrected chi connectivity index (χ2v) is 6.48. The second-order valence-electron chi connectivity index (χ2n) is 4.18. The Morgan fingerprint density at radius 2 is 1.68 bits per heavy atom. The maximum Gasteiger partial charge on any atom is 0.379 e. The van der Waals surface area contributed by atoms with Crippen LogP contribution in [0.5, 0.6) is 0 Å². The van der Waals surface area contributed by atoms with E-state index in [1.54, 1.807) is 30.3 Å². The molecule has 0 heterocycles. The van der Waals surface area contributed by atoms with E-state index in [4.69, 9.17) is 11.6 Å². The predicted octanol–water partition coefficient (Wildman–Crippen LogP) is 3.30. The Balaban J connectivity index is 2.41. The van der Waals surface area contributed by atoms with Gasteiger partial charge < -0.3 is 5.32 Å². The number of hydrogen-bond donors (Lipinski definition) is 1. The van der Waals surface area contributed by atoms with Gasteiger partial charge >= 0.3 is 5.03 Å². The van der Waals surface area contributed by atoms with Crippen molar-refractivity contribution in [1.29, 1.82) is 0 Å². The maximum absolute atomic E-state index is 12.3. The van der Waals surface area contributed by atoms with Crippen molar-refractivity contribution in [2.75, 3.05) is 5.32 Å². The Hall–Kier alpha value is -2.38. The van der Waals surface area contributed by atoms with E-state index in [0.717, 1.165) is 6.20 Å². The van der Waals surface area contributed by atoms with Crippen LogP contribution in [-0.2, 0) is 9.84 Å². The second kappa shape index (κ2) is 6.59. The van der Waals surface area contributed by atoms with Crippen LogP contribution < -0.4 is 5.32 Å². The molecule has 0 amide bonds. The zero-order valence-electron chi connectivity index (χ0n) is 11.1. The highest BCUT2D eigenvalue weighted by molar-refractivity contribution is 7.95. The summed E-state index contributed by atoms with van der Waals surface area (Å²) in [6, 6.07) is 13.7. The van der Waals surface area contributed by atoms with Gasteiger partial charge in [0.25, 0.3) is 9.84 Å². The SMILES string of the molecule is O=[N+]([O-])C(=CNc1ccccc1Cl)S(=O)(=O)c1ccccc1. The van der Waals surface area contributed by atoms with Gasteiger partial charge in [0.1, 0.15) is 0 Å². The van der Waals surface area contributed by atoms with Gasteiger partial charge in [-0.25, -0.2) is 8.42 Å². The van der Waals surface area contributed by atoms with Crippen LogP contribution >= 0.6 is 11.6 Å². The average molecular weight is 339 g/mol. The van der Waals surface area contributed by atoms with Gasteiger partial charge in [0.15, 0.2) is 0 Å². The summed E-state index contributed by atoms with van der Waals surface area (Å²) < 4.78 is 24.6. The molecule has 0 spiro atoms. The average Bonchev–Trinajstić information content (AvgIpc) is 2.49. The largest absolute Gasteiger partial charge is 0.379 e. The minimum Gasteiger partial charge on any atom is -0.354 e. The summed E-state index contributed by atoms with van der Waals surface area (Å²) >= 11 is 5.91. The molecule has 0 unspecified atom stereocenters. The molecular formula is C14H11ClN2O4S. The number of nitrogens with zero attached hydrogens (tertiary/aromatic N) is 1. The van der Waals surface area contributed by atoms with Crippen molar-refractivity contribution in [1.82, 2.24) is 0 Å². The standard InChI is InChI=1S/C14H11ClN2O4S/c15-12-8-4-5-9-13(12)16-10-14(17(18)19)22(20,21)11-6-2-1-3-7-11/h1-10,16H. The summed E-state index contributed by atoms with van der Waals surface area (Å²) in [5, 5.41) is 13.0. The molecule has 0 radical (unpaired) electrons. The van der Waals surface area contributed by atoms with E-state index >= 15 is 0 Å². The predicted molar refractivity (Wildman–Crippen MR) is 83.8 cm³/mol. The fourth-order valence-electron chi connectivity index (χ4n) is 1.67. The monoisotopic (exact) mass is 338 g/mol. The fraction of sp³-hybridized carbons (Fsp3) is 0. The summed E-state index contributed by atoms with van der Waals surface area (Å²) in [5.74, 6) is 0. The lowest BCUT2D eigenvalue weighted by Crippen LogP contribution is -2.14. The smallest absolute Gasteiger partial charge is 0.354 e. The first-order valence-electron chi connectivity index (χ1n) is 6.08. The number of halogens is 1. The topological polar surface area (TPSA) is 89.3 Å². The number of para-hydroxylation sites is 1. The van der Waals surface area contributed by atoms with Gasteiger partial charge in [0.05, 0.1) is 26.7 Å². The number of benzene rings is 2. The highest BCUT2D eigenvalue weighted by Crippen LogP contribution is 2.23. The van der Waals surface area contributed by atoms with E-state index in [1.165, 1.54) is 24.3 Å². The molecule has 2 rings (SSSR count). The van der Waals surface area contributed by atoms with Crippen molar-refractivity contribution in [3.05, 3.63) is 81.0 Å². The molecule has 1 N–H and O–H groups in total. The molecular weight excluding hydrogens is 328 g/mol. The highest BCUT2D eigenvalue weighted by Gasteiger charge is 2.31. The Morgan fingerprint density at radius 1 is 1.09 bits per heavy atom. The van der Waals surface area contributed by atoms with E-state index in [9.17, 15) is 18.5 Å². The van der Waals surface area contributed by atoms with Gasteiger partial charge in [0, 0.05) is 0 Å². The molecule has 0 aliphatic rings. The van der Waals surface area contributed by atoms with E-state index in [0.29, 0.717) is 10.7 Å². The lowest BCUT2D eigenvalue weighted by Gasteiger charge is -2.05. The molecule has 0 atom stereocenters. The van der Waals surface area contributed by atoms with Gasteiger partial charge in [-0.05, 0) is 24.3 Å². The van der Waals surface area contributed by atoms with E-state index in [-0.39, 0.29) is 4.90 Å². The van der Waals surface area contributed by atoms with Gasteiger partial charge in [-0.3, -0.25) is 10.1 Å². The summed E-state index contributed by atoms with van der Waals surface area (Å²) in [5.41, 5.74) is 0.367. The molecule has 0 aliphatic carbocycles. The van der Waals surface area contributed by atoms with Gasteiger partial charge in [-0.2, -0.15) is 0 Å². The minimum absolute atomic E-state index is 0.154. The first-order chi connectivity index (χ1) is 10.4. The normalized spacial score (nSPS) is 12.0. The number of sulfone groups is 1. The Bertz CT molecular complexity index is 820. The Labute approximate surface area is 132 Å². The molecule has 0 fully saturated rings. The highest BCUT2D eigenvalue weighted by atomic mass is 35.5. The lowest BCUT2D eigenvalue weighted by atomic mass is 10.3. The quantitative estimate of drug-likeness (QED) is 0.667. The summed E-state index contributed by atoms with van der Waals surface area (Å²) in [7, 11) is -4.23. The van der Waals surface area contributed by atoms with Crippen LogP contribution in [0.1, 0.15) is 0 Å². The third kappa shape index (κ3) is 3.44. The van der Waals surface area contributed by atoms with Crippen LogP contribution in [0.15, 0.2) is 70.7 Å². The summed E-state index contributed by atoms with van der Waals surface area (Å²) in [6.45, 7) is 0. The molecule has 0 aromatic heterocycles. The van der Waals surface area contributed by atoms with E-state index in [2.05, 4.69) is 5.32 Å². The molecule has 22 heavy (non-hydrogen) atoms. The van der Waals surface area contributed by atoms with Crippen LogP contribution in [0.4, 0.5) is 5.69 Å². The first kappa shape index (κ1) is 16.0. The van der Waals surface area contributed by atoms with Crippen molar-refractivity contribution in [3.8, 4) is 0 Å². The molecule has 2 aromatic carbocycles. The molecule has 8 heteroatoms. The van der Waals surface area contributed by atoms with Gasteiger partial charge in [-0.1, -0.05) is 41.9 Å². The van der Waals surface area contributed by atoms with Crippen LogP contribution in [-0.4, -0.2) is 13.3 Å². The van der Waals surface area contributed by atoms with E-state index < -0.39 is 19.8 Å². The number of hydrogen-bond acceptors (Lipinski definition) is 5. The molecule has 0 saturated carbocycles. The van der Waals surface area contributed by atoms with Crippen LogP contribution in [0, 0.1) is 10.1 Å². The van der Waals surface area contributed by atoms with Crippen molar-refractivity contribution in [3.63, 3.8) is 0 Å². The van der Waals surface area contributed by atoms with Crippen molar-refractivity contribution < 1.29 is 13.3 Å².